The third kappa shape index (κ3) is 2.89. The van der Waals surface area contributed by atoms with Crippen molar-refractivity contribution in [3.63, 3.8) is 0 Å². The van der Waals surface area contributed by atoms with E-state index < -0.39 is 0 Å². The zero-order valence-electron chi connectivity index (χ0n) is 9.56. The average molecular weight is 303 g/mol. The summed E-state index contributed by atoms with van der Waals surface area (Å²) in [6, 6.07) is 14.9. The number of hydrogen-bond acceptors (Lipinski definition) is 3. The van der Waals surface area contributed by atoms with Gasteiger partial charge in [-0.05, 0) is 35.9 Å². The molecule has 3 nitrogen and oxygen atoms in total. The maximum atomic E-state index is 9.09. The van der Waals surface area contributed by atoms with Crippen LogP contribution in [-0.2, 0) is 6.54 Å². The van der Waals surface area contributed by atoms with Crippen molar-refractivity contribution in [1.29, 1.82) is 5.26 Å². The van der Waals surface area contributed by atoms with Gasteiger partial charge in [-0.15, -0.1) is 0 Å². The van der Waals surface area contributed by atoms with Crippen LogP contribution in [0.25, 0.3) is 0 Å². The highest BCUT2D eigenvalue weighted by molar-refractivity contribution is 9.10. The number of nitrogens with two attached hydrogens (primary N) is 1. The second kappa shape index (κ2) is 5.67. The van der Waals surface area contributed by atoms with Gasteiger partial charge in [-0.3, -0.25) is 0 Å². The molecule has 2 N–H and O–H groups in total. The highest BCUT2D eigenvalue weighted by atomic mass is 79.9. The molecule has 0 saturated carbocycles. The second-order valence-corrected chi connectivity index (χ2v) is 4.62. The van der Waals surface area contributed by atoms with Crippen molar-refractivity contribution < 1.29 is 4.74 Å². The number of nitriles is 1. The van der Waals surface area contributed by atoms with Crippen LogP contribution in [0, 0.1) is 11.3 Å². The Morgan fingerprint density at radius 1 is 1.22 bits per heavy atom. The van der Waals surface area contributed by atoms with Crippen LogP contribution in [-0.4, -0.2) is 0 Å². The summed E-state index contributed by atoms with van der Waals surface area (Å²) in [5, 5.41) is 9.09. The Bertz CT molecular complexity index is 605. The van der Waals surface area contributed by atoms with Crippen LogP contribution in [0.5, 0.6) is 11.5 Å². The average Bonchev–Trinajstić information content (AvgIpc) is 2.39. The largest absolute Gasteiger partial charge is 0.456 e. The minimum Gasteiger partial charge on any atom is -0.456 e. The lowest BCUT2D eigenvalue weighted by molar-refractivity contribution is 0.480. The zero-order chi connectivity index (χ0) is 13.0. The van der Waals surface area contributed by atoms with Gasteiger partial charge in [0, 0.05) is 11.0 Å². The second-order valence-electron chi connectivity index (χ2n) is 3.71. The molecule has 0 saturated heterocycles. The molecule has 2 aromatic carbocycles. The van der Waals surface area contributed by atoms with Crippen molar-refractivity contribution in [2.24, 2.45) is 5.73 Å². The fourth-order valence-electron chi connectivity index (χ4n) is 1.54. The summed E-state index contributed by atoms with van der Waals surface area (Å²) in [4.78, 5) is 0. The minimum atomic E-state index is 0.409. The number of ether oxygens (including phenoxy) is 1. The number of benzene rings is 2. The molecule has 2 aromatic rings. The van der Waals surface area contributed by atoms with Crippen LogP contribution in [0.2, 0.25) is 0 Å². The van der Waals surface area contributed by atoms with Gasteiger partial charge in [-0.1, -0.05) is 28.1 Å². The summed E-state index contributed by atoms with van der Waals surface area (Å²) < 4.78 is 6.62. The Balaban J connectivity index is 2.32. The van der Waals surface area contributed by atoms with Crippen LogP contribution in [0.15, 0.2) is 46.9 Å². The summed E-state index contributed by atoms with van der Waals surface area (Å²) in [6.45, 7) is 0.409. The molecule has 0 heterocycles. The van der Waals surface area contributed by atoms with Gasteiger partial charge in [-0.25, -0.2) is 0 Å². The molecule has 0 bridgehead atoms. The predicted molar refractivity (Wildman–Crippen MR) is 73.3 cm³/mol. The summed E-state index contributed by atoms with van der Waals surface area (Å²) in [5.41, 5.74) is 6.93. The molecule has 0 spiro atoms. The molecule has 0 aliphatic carbocycles. The van der Waals surface area contributed by atoms with E-state index in [0.29, 0.717) is 23.6 Å². The molecular weight excluding hydrogens is 292 g/mol. The Hall–Kier alpha value is -1.83. The van der Waals surface area contributed by atoms with Gasteiger partial charge < -0.3 is 10.5 Å². The third-order valence-electron chi connectivity index (χ3n) is 2.42. The molecule has 0 unspecified atom stereocenters. The quantitative estimate of drug-likeness (QED) is 0.943. The molecular formula is C14H11BrN2O. The monoisotopic (exact) mass is 302 g/mol. The number of rotatable bonds is 3. The Morgan fingerprint density at radius 2 is 2.06 bits per heavy atom. The molecule has 2 rings (SSSR count). The molecule has 0 radical (unpaired) electrons. The zero-order valence-corrected chi connectivity index (χ0v) is 11.1. The fraction of sp³-hybridized carbons (Fsp3) is 0.0714. The van der Waals surface area contributed by atoms with Crippen molar-refractivity contribution in [3.8, 4) is 17.6 Å². The van der Waals surface area contributed by atoms with E-state index in [-0.39, 0.29) is 0 Å². The summed E-state index contributed by atoms with van der Waals surface area (Å²) in [7, 11) is 0. The first-order valence-electron chi connectivity index (χ1n) is 5.39. The van der Waals surface area contributed by atoms with Gasteiger partial charge in [0.25, 0.3) is 0 Å². The van der Waals surface area contributed by atoms with E-state index >= 15 is 0 Å². The van der Waals surface area contributed by atoms with Crippen LogP contribution in [0.3, 0.4) is 0 Å². The van der Waals surface area contributed by atoms with Gasteiger partial charge in [0.15, 0.2) is 0 Å². The third-order valence-corrected chi connectivity index (χ3v) is 2.92. The van der Waals surface area contributed by atoms with E-state index in [9.17, 15) is 0 Å². The van der Waals surface area contributed by atoms with Crippen LogP contribution in [0.1, 0.15) is 11.1 Å². The molecule has 4 heteroatoms. The summed E-state index contributed by atoms with van der Waals surface area (Å²) in [6.07, 6.45) is 0. The SMILES string of the molecule is N#Cc1cc(CN)ccc1Oc1cccc(Br)c1. The van der Waals surface area contributed by atoms with E-state index in [1.165, 1.54) is 0 Å². The molecule has 0 fully saturated rings. The van der Waals surface area contributed by atoms with E-state index in [1.807, 2.05) is 30.3 Å². The van der Waals surface area contributed by atoms with Crippen molar-refractivity contribution >= 4 is 15.9 Å². The van der Waals surface area contributed by atoms with E-state index in [0.717, 1.165) is 10.0 Å². The van der Waals surface area contributed by atoms with Gasteiger partial charge in [0.05, 0.1) is 5.56 Å². The lowest BCUT2D eigenvalue weighted by atomic mass is 10.1. The van der Waals surface area contributed by atoms with Crippen LogP contribution in [0.4, 0.5) is 0 Å². The fourth-order valence-corrected chi connectivity index (χ4v) is 1.92. The molecule has 0 aliphatic rings. The minimum absolute atomic E-state index is 0.409. The predicted octanol–water partition coefficient (Wildman–Crippen LogP) is 3.57. The standard InChI is InChI=1S/C14H11BrN2O/c15-12-2-1-3-13(7-12)18-14-5-4-10(8-16)6-11(14)9-17/h1-7H,8,16H2. The molecule has 0 amide bonds. The van der Waals surface area contributed by atoms with Crippen molar-refractivity contribution in [2.45, 2.75) is 6.54 Å². The maximum absolute atomic E-state index is 9.09. The first kappa shape index (κ1) is 12.6. The maximum Gasteiger partial charge on any atom is 0.145 e. The van der Waals surface area contributed by atoms with Crippen molar-refractivity contribution in [1.82, 2.24) is 0 Å². The van der Waals surface area contributed by atoms with Crippen LogP contribution >= 0.6 is 15.9 Å². The molecule has 0 aromatic heterocycles. The molecule has 18 heavy (non-hydrogen) atoms. The molecule has 0 atom stereocenters. The van der Waals surface area contributed by atoms with Gasteiger partial charge in [0.1, 0.15) is 17.6 Å². The smallest absolute Gasteiger partial charge is 0.145 e. The summed E-state index contributed by atoms with van der Waals surface area (Å²) >= 11 is 3.37. The normalized spacial score (nSPS) is 9.83. The van der Waals surface area contributed by atoms with Crippen molar-refractivity contribution in [3.05, 3.63) is 58.1 Å². The Labute approximate surface area is 114 Å². The van der Waals surface area contributed by atoms with Crippen molar-refractivity contribution in [2.75, 3.05) is 0 Å². The first-order valence-corrected chi connectivity index (χ1v) is 6.19. The highest BCUT2D eigenvalue weighted by Crippen LogP contribution is 2.27. The first-order chi connectivity index (χ1) is 8.72. The van der Waals surface area contributed by atoms with Gasteiger partial charge in [0.2, 0.25) is 0 Å². The van der Waals surface area contributed by atoms with Gasteiger partial charge >= 0.3 is 0 Å². The summed E-state index contributed by atoms with van der Waals surface area (Å²) in [5.74, 6) is 1.22. The number of halogens is 1. The lowest BCUT2D eigenvalue weighted by Gasteiger charge is -2.08. The topological polar surface area (TPSA) is 59.0 Å². The lowest BCUT2D eigenvalue weighted by Crippen LogP contribution is -1.97. The van der Waals surface area contributed by atoms with E-state index in [1.54, 1.807) is 12.1 Å². The Morgan fingerprint density at radius 3 is 2.72 bits per heavy atom. The highest BCUT2D eigenvalue weighted by Gasteiger charge is 2.06. The van der Waals surface area contributed by atoms with Gasteiger partial charge in [-0.2, -0.15) is 5.26 Å². The van der Waals surface area contributed by atoms with E-state index in [2.05, 4.69) is 22.0 Å². The Kier molecular flexibility index (Phi) is 3.98. The number of hydrogen-bond donors (Lipinski definition) is 1. The van der Waals surface area contributed by atoms with Crippen LogP contribution < -0.4 is 10.5 Å². The molecule has 90 valence electrons. The van der Waals surface area contributed by atoms with E-state index in [4.69, 9.17) is 15.7 Å². The molecule has 0 aliphatic heterocycles. The number of nitrogens with zero attached hydrogens (tertiary/aromatic N) is 1.